The summed E-state index contributed by atoms with van der Waals surface area (Å²) in [6.07, 6.45) is 2.64. The molecule has 0 aromatic heterocycles. The van der Waals surface area contributed by atoms with E-state index in [1.54, 1.807) is 0 Å². The number of rotatable bonds is 7. The van der Waals surface area contributed by atoms with Gasteiger partial charge < -0.3 is 4.43 Å². The van der Waals surface area contributed by atoms with E-state index in [1.165, 1.54) is 0 Å². The fourth-order valence-corrected chi connectivity index (χ4v) is 2.27. The molecule has 0 saturated heterocycles. The molecule has 0 aromatic rings. The first-order chi connectivity index (χ1) is 7.67. The van der Waals surface area contributed by atoms with Gasteiger partial charge in [-0.25, -0.2) is 0 Å². The molecule has 0 heterocycles. The second kappa shape index (κ2) is 7.26. The van der Waals surface area contributed by atoms with Gasteiger partial charge in [-0.15, -0.1) is 0 Å². The van der Waals surface area contributed by atoms with Crippen LogP contribution in [0.25, 0.3) is 0 Å². The highest BCUT2D eigenvalue weighted by Crippen LogP contribution is 2.36. The van der Waals surface area contributed by atoms with Gasteiger partial charge in [-0.2, -0.15) is 8.78 Å². The van der Waals surface area contributed by atoms with Crippen molar-refractivity contribution >= 4 is 8.32 Å². The SMILES string of the molecule is CC(C)(C)[Si](C)(C)OCCCCCC=C(F)F. The Labute approximate surface area is 105 Å². The molecular weight excluding hydrogens is 238 g/mol. The van der Waals surface area contributed by atoms with E-state index in [-0.39, 0.29) is 5.04 Å². The normalized spacial score (nSPS) is 12.6. The molecule has 17 heavy (non-hydrogen) atoms. The predicted molar refractivity (Wildman–Crippen MR) is 71.9 cm³/mol. The summed E-state index contributed by atoms with van der Waals surface area (Å²) >= 11 is 0. The van der Waals surface area contributed by atoms with E-state index in [4.69, 9.17) is 4.43 Å². The van der Waals surface area contributed by atoms with Gasteiger partial charge in [0.15, 0.2) is 8.32 Å². The van der Waals surface area contributed by atoms with Crippen LogP contribution in [0.15, 0.2) is 12.2 Å². The Bertz CT molecular complexity index is 240. The molecule has 0 saturated carbocycles. The smallest absolute Gasteiger partial charge is 0.266 e. The maximum atomic E-state index is 11.7. The molecule has 0 rings (SSSR count). The number of allylic oxidation sites excluding steroid dienone is 1. The van der Waals surface area contributed by atoms with Gasteiger partial charge in [-0.1, -0.05) is 27.2 Å². The van der Waals surface area contributed by atoms with Crippen molar-refractivity contribution in [2.75, 3.05) is 6.61 Å². The van der Waals surface area contributed by atoms with E-state index in [0.29, 0.717) is 6.42 Å². The lowest BCUT2D eigenvalue weighted by atomic mass is 10.2. The van der Waals surface area contributed by atoms with Gasteiger partial charge in [0, 0.05) is 6.61 Å². The van der Waals surface area contributed by atoms with Crippen LogP contribution in [-0.4, -0.2) is 14.9 Å². The van der Waals surface area contributed by atoms with Crippen LogP contribution in [-0.2, 0) is 4.43 Å². The van der Waals surface area contributed by atoms with Crippen LogP contribution in [0.4, 0.5) is 8.78 Å². The maximum absolute atomic E-state index is 11.7. The molecule has 0 aliphatic carbocycles. The molecule has 1 nitrogen and oxygen atoms in total. The molecule has 0 bridgehead atoms. The Morgan fingerprint density at radius 2 is 1.71 bits per heavy atom. The van der Waals surface area contributed by atoms with Crippen molar-refractivity contribution in [1.82, 2.24) is 0 Å². The van der Waals surface area contributed by atoms with Gasteiger partial charge in [0.1, 0.15) is 0 Å². The predicted octanol–water partition coefficient (Wildman–Crippen LogP) is 5.35. The van der Waals surface area contributed by atoms with E-state index in [0.717, 1.165) is 31.9 Å². The van der Waals surface area contributed by atoms with Crippen LogP contribution in [0.1, 0.15) is 46.5 Å². The summed E-state index contributed by atoms with van der Waals surface area (Å²) in [7, 11) is -1.62. The van der Waals surface area contributed by atoms with Crippen LogP contribution in [0, 0.1) is 0 Å². The Morgan fingerprint density at radius 1 is 1.12 bits per heavy atom. The third kappa shape index (κ3) is 7.66. The second-order valence-electron chi connectivity index (χ2n) is 5.95. The third-order valence-electron chi connectivity index (χ3n) is 3.42. The molecule has 0 aromatic carbocycles. The summed E-state index contributed by atoms with van der Waals surface area (Å²) in [6.45, 7) is 11.9. The van der Waals surface area contributed by atoms with Crippen LogP contribution in [0.2, 0.25) is 18.1 Å². The highest BCUT2D eigenvalue weighted by atomic mass is 28.4. The minimum atomic E-state index is -1.62. The van der Waals surface area contributed by atoms with Crippen LogP contribution < -0.4 is 0 Å². The van der Waals surface area contributed by atoms with Crippen LogP contribution in [0.5, 0.6) is 0 Å². The Balaban J connectivity index is 3.62. The third-order valence-corrected chi connectivity index (χ3v) is 7.95. The van der Waals surface area contributed by atoms with E-state index in [1.807, 2.05) is 0 Å². The first-order valence-corrected chi connectivity index (χ1v) is 9.23. The van der Waals surface area contributed by atoms with Crippen molar-refractivity contribution in [3.05, 3.63) is 12.2 Å². The Kier molecular flexibility index (Phi) is 7.17. The summed E-state index contributed by atoms with van der Waals surface area (Å²) < 4.78 is 29.5. The fraction of sp³-hybridized carbons (Fsp3) is 0.846. The zero-order valence-electron chi connectivity index (χ0n) is 11.8. The zero-order valence-corrected chi connectivity index (χ0v) is 12.8. The highest BCUT2D eigenvalue weighted by molar-refractivity contribution is 6.74. The van der Waals surface area contributed by atoms with Gasteiger partial charge in [-0.05, 0) is 43.5 Å². The van der Waals surface area contributed by atoms with Crippen molar-refractivity contribution < 1.29 is 13.2 Å². The number of unbranched alkanes of at least 4 members (excludes halogenated alkanes) is 3. The summed E-state index contributed by atoms with van der Waals surface area (Å²) in [4.78, 5) is 0. The lowest BCUT2D eigenvalue weighted by Crippen LogP contribution is -2.40. The number of hydrogen-bond donors (Lipinski definition) is 0. The van der Waals surface area contributed by atoms with Crippen molar-refractivity contribution in [2.45, 2.75) is 64.6 Å². The van der Waals surface area contributed by atoms with Crippen molar-refractivity contribution in [3.63, 3.8) is 0 Å². The number of hydrogen-bond acceptors (Lipinski definition) is 1. The number of halogens is 2. The first kappa shape index (κ1) is 16.8. The Morgan fingerprint density at radius 3 is 2.18 bits per heavy atom. The lowest BCUT2D eigenvalue weighted by Gasteiger charge is -2.36. The molecule has 0 fully saturated rings. The summed E-state index contributed by atoms with van der Waals surface area (Å²) in [5.74, 6) is 0. The minimum Gasteiger partial charge on any atom is -0.417 e. The molecule has 4 heteroatoms. The van der Waals surface area contributed by atoms with Crippen molar-refractivity contribution in [3.8, 4) is 0 Å². The fourth-order valence-electron chi connectivity index (χ4n) is 1.18. The van der Waals surface area contributed by atoms with Gasteiger partial charge in [-0.3, -0.25) is 0 Å². The molecule has 0 aliphatic rings. The zero-order chi connectivity index (χ0) is 13.5. The van der Waals surface area contributed by atoms with Gasteiger partial charge in [0.05, 0.1) is 0 Å². The molecule has 0 radical (unpaired) electrons. The first-order valence-electron chi connectivity index (χ1n) is 6.32. The minimum absolute atomic E-state index is 0.243. The van der Waals surface area contributed by atoms with E-state index >= 15 is 0 Å². The standard InChI is InChI=1S/C13H26F2OSi/c1-13(2,3)17(4,5)16-11-9-7-6-8-10-12(14)15/h10H,6-9,11H2,1-5H3. The largest absolute Gasteiger partial charge is 0.417 e. The summed E-state index contributed by atoms with van der Waals surface area (Å²) in [5.41, 5.74) is 0. The topological polar surface area (TPSA) is 9.23 Å². The molecular formula is C13H26F2OSi. The second-order valence-corrected chi connectivity index (χ2v) is 10.8. The van der Waals surface area contributed by atoms with E-state index in [2.05, 4.69) is 33.9 Å². The average molecular weight is 264 g/mol. The van der Waals surface area contributed by atoms with Gasteiger partial charge in [0.25, 0.3) is 6.08 Å². The molecule has 102 valence electrons. The van der Waals surface area contributed by atoms with Gasteiger partial charge >= 0.3 is 0 Å². The van der Waals surface area contributed by atoms with Crippen LogP contribution >= 0.6 is 0 Å². The van der Waals surface area contributed by atoms with Crippen molar-refractivity contribution in [1.29, 1.82) is 0 Å². The quantitative estimate of drug-likeness (QED) is 0.445. The monoisotopic (exact) mass is 264 g/mol. The van der Waals surface area contributed by atoms with E-state index < -0.39 is 14.4 Å². The maximum Gasteiger partial charge on any atom is 0.266 e. The molecule has 0 amide bonds. The lowest BCUT2D eigenvalue weighted by molar-refractivity contribution is 0.278. The summed E-state index contributed by atoms with van der Waals surface area (Å²) in [5, 5.41) is 0.243. The Hall–Kier alpha value is -0.223. The molecule has 0 aliphatic heterocycles. The summed E-state index contributed by atoms with van der Waals surface area (Å²) in [6, 6.07) is 0. The molecule has 0 atom stereocenters. The highest BCUT2D eigenvalue weighted by Gasteiger charge is 2.36. The molecule has 0 spiro atoms. The molecule has 0 N–H and O–H groups in total. The van der Waals surface area contributed by atoms with Crippen LogP contribution in [0.3, 0.4) is 0 Å². The van der Waals surface area contributed by atoms with E-state index in [9.17, 15) is 8.78 Å². The van der Waals surface area contributed by atoms with Crippen molar-refractivity contribution in [2.24, 2.45) is 0 Å². The average Bonchev–Trinajstić information content (AvgIpc) is 2.13. The molecule has 0 unspecified atom stereocenters. The van der Waals surface area contributed by atoms with Gasteiger partial charge in [0.2, 0.25) is 0 Å².